The molecule has 1 atom stereocenters. The van der Waals surface area contributed by atoms with Crippen LogP contribution in [0.5, 0.6) is 11.5 Å². The number of furan rings is 1. The van der Waals surface area contributed by atoms with E-state index in [-0.39, 0.29) is 24.3 Å². The Morgan fingerprint density at radius 1 is 1.21 bits per heavy atom. The van der Waals surface area contributed by atoms with Crippen LogP contribution < -0.4 is 14.8 Å². The molecule has 1 aromatic carbocycles. The Hall–Kier alpha value is -3.22. The van der Waals surface area contributed by atoms with Gasteiger partial charge in [0, 0.05) is 18.3 Å². The third-order valence-electron chi connectivity index (χ3n) is 4.67. The number of para-hydroxylation sites is 2. The Labute approximate surface area is 164 Å². The zero-order valence-electron chi connectivity index (χ0n) is 16.8. The van der Waals surface area contributed by atoms with Crippen LogP contribution in [-0.2, 0) is 13.7 Å². The molecule has 0 saturated carbocycles. The topological polar surface area (TPSA) is 78.5 Å². The molecule has 148 valence electrons. The zero-order chi connectivity index (χ0) is 20.3. The number of rotatable bonds is 7. The summed E-state index contributed by atoms with van der Waals surface area (Å²) in [5.41, 5.74) is 2.94. The maximum Gasteiger partial charge on any atom is 0.287 e. The minimum absolute atomic E-state index is 0.181. The molecule has 7 heteroatoms. The number of aromatic nitrogens is 2. The monoisotopic (exact) mass is 383 g/mol. The van der Waals surface area contributed by atoms with Gasteiger partial charge in [0.1, 0.15) is 12.4 Å². The van der Waals surface area contributed by atoms with Crippen LogP contribution in [0, 0.1) is 13.8 Å². The molecule has 1 amide bonds. The maximum absolute atomic E-state index is 12.6. The van der Waals surface area contributed by atoms with Gasteiger partial charge in [-0.15, -0.1) is 0 Å². The highest BCUT2D eigenvalue weighted by Gasteiger charge is 2.20. The number of nitrogens with one attached hydrogen (secondary N) is 1. The number of ether oxygens (including phenoxy) is 2. The molecule has 3 aromatic rings. The van der Waals surface area contributed by atoms with Crippen molar-refractivity contribution in [2.45, 2.75) is 33.4 Å². The van der Waals surface area contributed by atoms with Crippen LogP contribution in [0.15, 0.2) is 40.8 Å². The van der Waals surface area contributed by atoms with Gasteiger partial charge in [-0.3, -0.25) is 9.48 Å². The molecule has 7 nitrogen and oxygen atoms in total. The average molecular weight is 383 g/mol. The van der Waals surface area contributed by atoms with Crippen LogP contribution in [0.25, 0.3) is 0 Å². The van der Waals surface area contributed by atoms with E-state index in [1.54, 1.807) is 19.2 Å². The molecule has 0 aliphatic rings. The molecule has 2 heterocycles. The second-order valence-corrected chi connectivity index (χ2v) is 6.61. The summed E-state index contributed by atoms with van der Waals surface area (Å²) in [4.78, 5) is 12.6. The van der Waals surface area contributed by atoms with Gasteiger partial charge in [0.25, 0.3) is 5.91 Å². The summed E-state index contributed by atoms with van der Waals surface area (Å²) >= 11 is 0. The lowest BCUT2D eigenvalue weighted by Gasteiger charge is -2.14. The van der Waals surface area contributed by atoms with Crippen molar-refractivity contribution in [3.8, 4) is 11.5 Å². The lowest BCUT2D eigenvalue weighted by atomic mass is 10.1. The minimum Gasteiger partial charge on any atom is -0.493 e. The SMILES string of the molecule is COc1ccccc1OCc1ccc(C(=O)NC(C)c2c(C)nn(C)c2C)o1. The number of nitrogens with zero attached hydrogens (tertiary/aromatic N) is 2. The molecule has 0 spiro atoms. The maximum atomic E-state index is 12.6. The van der Waals surface area contributed by atoms with Crippen molar-refractivity contribution in [2.24, 2.45) is 7.05 Å². The fourth-order valence-corrected chi connectivity index (χ4v) is 3.22. The summed E-state index contributed by atoms with van der Waals surface area (Å²) in [7, 11) is 3.48. The van der Waals surface area contributed by atoms with Gasteiger partial charge in [-0.1, -0.05) is 12.1 Å². The number of aryl methyl sites for hydroxylation is 2. The summed E-state index contributed by atoms with van der Waals surface area (Å²) in [6, 6.07) is 10.6. The second-order valence-electron chi connectivity index (χ2n) is 6.61. The number of hydrogen-bond donors (Lipinski definition) is 1. The van der Waals surface area contributed by atoms with Gasteiger partial charge in [0.05, 0.1) is 18.8 Å². The normalized spacial score (nSPS) is 11.9. The Kier molecular flexibility index (Phi) is 5.73. The molecule has 0 bridgehead atoms. The number of methoxy groups -OCH3 is 1. The van der Waals surface area contributed by atoms with Crippen LogP contribution in [0.3, 0.4) is 0 Å². The summed E-state index contributed by atoms with van der Waals surface area (Å²) in [5, 5.41) is 7.36. The number of carbonyl (C=O) groups is 1. The molecular weight excluding hydrogens is 358 g/mol. The van der Waals surface area contributed by atoms with Gasteiger partial charge in [-0.2, -0.15) is 5.10 Å². The van der Waals surface area contributed by atoms with E-state index in [0.29, 0.717) is 17.3 Å². The highest BCUT2D eigenvalue weighted by Crippen LogP contribution is 2.27. The number of hydrogen-bond acceptors (Lipinski definition) is 5. The highest BCUT2D eigenvalue weighted by atomic mass is 16.5. The van der Waals surface area contributed by atoms with E-state index in [4.69, 9.17) is 13.9 Å². The second kappa shape index (κ2) is 8.21. The standard InChI is InChI=1S/C21H25N3O4/c1-13(20-14(2)23-24(4)15(20)3)22-21(25)19-11-10-16(28-19)12-27-18-9-7-6-8-17(18)26-5/h6-11,13H,12H2,1-5H3,(H,22,25). The molecule has 3 rings (SSSR count). The first-order valence-electron chi connectivity index (χ1n) is 9.06. The number of benzene rings is 1. The predicted octanol–water partition coefficient (Wildman–Crippen LogP) is 3.71. The molecule has 28 heavy (non-hydrogen) atoms. The molecule has 0 aliphatic carbocycles. The van der Waals surface area contributed by atoms with Gasteiger partial charge in [-0.05, 0) is 45.0 Å². The van der Waals surface area contributed by atoms with E-state index >= 15 is 0 Å². The van der Waals surface area contributed by atoms with Crippen LogP contribution in [-0.4, -0.2) is 22.8 Å². The summed E-state index contributed by atoms with van der Waals surface area (Å²) < 4.78 is 18.4. The van der Waals surface area contributed by atoms with Gasteiger partial charge in [0.2, 0.25) is 0 Å². The van der Waals surface area contributed by atoms with Crippen LogP contribution in [0.4, 0.5) is 0 Å². The van der Waals surface area contributed by atoms with Gasteiger partial charge in [0.15, 0.2) is 17.3 Å². The third-order valence-corrected chi connectivity index (χ3v) is 4.67. The zero-order valence-corrected chi connectivity index (χ0v) is 16.8. The van der Waals surface area contributed by atoms with Crippen LogP contribution in [0.2, 0.25) is 0 Å². The van der Waals surface area contributed by atoms with Crippen molar-refractivity contribution < 1.29 is 18.7 Å². The minimum atomic E-state index is -0.279. The first kappa shape index (κ1) is 19.5. The Balaban J connectivity index is 1.64. The summed E-state index contributed by atoms with van der Waals surface area (Å²) in [5.74, 6) is 1.77. The van der Waals surface area contributed by atoms with Crippen molar-refractivity contribution in [2.75, 3.05) is 7.11 Å². The van der Waals surface area contributed by atoms with Crippen LogP contribution in [0.1, 0.15) is 46.2 Å². The molecule has 1 unspecified atom stereocenters. The Bertz CT molecular complexity index is 974. The van der Waals surface area contributed by atoms with Crippen molar-refractivity contribution in [1.82, 2.24) is 15.1 Å². The lowest BCUT2D eigenvalue weighted by Crippen LogP contribution is -2.27. The van der Waals surface area contributed by atoms with Crippen LogP contribution >= 0.6 is 0 Å². The fraction of sp³-hybridized carbons (Fsp3) is 0.333. The van der Waals surface area contributed by atoms with Crippen molar-refractivity contribution in [1.29, 1.82) is 0 Å². The average Bonchev–Trinajstić information content (AvgIpc) is 3.24. The molecule has 0 aliphatic heterocycles. The van der Waals surface area contributed by atoms with Crippen molar-refractivity contribution in [3.05, 3.63) is 64.9 Å². The van der Waals surface area contributed by atoms with E-state index in [9.17, 15) is 4.79 Å². The van der Waals surface area contributed by atoms with Gasteiger partial charge < -0.3 is 19.2 Å². The largest absolute Gasteiger partial charge is 0.493 e. The summed E-state index contributed by atoms with van der Waals surface area (Å²) in [6.45, 7) is 6.05. The smallest absolute Gasteiger partial charge is 0.287 e. The molecule has 1 N–H and O–H groups in total. The molecule has 0 fully saturated rings. The van der Waals surface area contributed by atoms with Gasteiger partial charge in [-0.25, -0.2) is 0 Å². The van der Waals surface area contributed by atoms with E-state index in [1.165, 1.54) is 0 Å². The first-order chi connectivity index (χ1) is 13.4. The fourth-order valence-electron chi connectivity index (χ4n) is 3.22. The molecule has 0 radical (unpaired) electrons. The lowest BCUT2D eigenvalue weighted by molar-refractivity contribution is 0.0907. The van der Waals surface area contributed by atoms with E-state index in [1.807, 2.05) is 56.8 Å². The van der Waals surface area contributed by atoms with E-state index < -0.39 is 0 Å². The first-order valence-corrected chi connectivity index (χ1v) is 9.06. The van der Waals surface area contributed by atoms with Gasteiger partial charge >= 0.3 is 0 Å². The molecule has 0 saturated heterocycles. The number of carbonyl (C=O) groups excluding carboxylic acids is 1. The van der Waals surface area contributed by atoms with Crippen molar-refractivity contribution >= 4 is 5.91 Å². The highest BCUT2D eigenvalue weighted by molar-refractivity contribution is 5.91. The summed E-state index contributed by atoms with van der Waals surface area (Å²) in [6.07, 6.45) is 0. The number of amides is 1. The quantitative estimate of drug-likeness (QED) is 0.673. The molecular formula is C21H25N3O4. The molecule has 2 aromatic heterocycles. The van der Waals surface area contributed by atoms with E-state index in [2.05, 4.69) is 10.4 Å². The van der Waals surface area contributed by atoms with Crippen molar-refractivity contribution in [3.63, 3.8) is 0 Å². The Morgan fingerprint density at radius 2 is 1.93 bits per heavy atom. The Morgan fingerprint density at radius 3 is 2.57 bits per heavy atom. The third kappa shape index (κ3) is 4.03. The van der Waals surface area contributed by atoms with E-state index in [0.717, 1.165) is 17.0 Å². The predicted molar refractivity (Wildman–Crippen MR) is 105 cm³/mol.